The molecule has 150 valence electrons. The van der Waals surface area contributed by atoms with Crippen LogP contribution in [0.1, 0.15) is 5.56 Å². The van der Waals surface area contributed by atoms with Gasteiger partial charge in [0.15, 0.2) is 5.11 Å². The van der Waals surface area contributed by atoms with Crippen LogP contribution in [0.5, 0.6) is 11.5 Å². The molecule has 2 aromatic carbocycles. The standard InChI is InChI=1S/C21H28N4O2S/c1-24-10-12-25(13-11-24)17-6-4-16(5-7-17)15-22-21(28)23-19-9-8-18(26-2)14-20(19)27-3/h4-9,14H,10-13,15H2,1-3H3,(H2,22,23,28). The van der Waals surface area contributed by atoms with Crippen molar-refractivity contribution in [3.8, 4) is 11.5 Å². The van der Waals surface area contributed by atoms with Crippen molar-refractivity contribution in [2.75, 3.05) is 57.7 Å². The van der Waals surface area contributed by atoms with E-state index in [1.165, 1.54) is 11.3 Å². The van der Waals surface area contributed by atoms with Gasteiger partial charge in [0.25, 0.3) is 0 Å². The predicted molar refractivity (Wildman–Crippen MR) is 119 cm³/mol. The van der Waals surface area contributed by atoms with Crippen LogP contribution in [-0.4, -0.2) is 57.5 Å². The van der Waals surface area contributed by atoms with Gasteiger partial charge in [-0.1, -0.05) is 12.1 Å². The maximum Gasteiger partial charge on any atom is 0.171 e. The molecule has 1 fully saturated rings. The lowest BCUT2D eigenvalue weighted by Crippen LogP contribution is -2.44. The van der Waals surface area contributed by atoms with Gasteiger partial charge in [-0.15, -0.1) is 0 Å². The molecule has 1 saturated heterocycles. The highest BCUT2D eigenvalue weighted by atomic mass is 32.1. The lowest BCUT2D eigenvalue weighted by Gasteiger charge is -2.34. The topological polar surface area (TPSA) is 49.0 Å². The summed E-state index contributed by atoms with van der Waals surface area (Å²) in [6, 6.07) is 14.2. The molecule has 0 atom stereocenters. The van der Waals surface area contributed by atoms with Crippen molar-refractivity contribution in [3.05, 3.63) is 48.0 Å². The number of thiocarbonyl (C=S) groups is 1. The molecule has 2 N–H and O–H groups in total. The molecule has 0 aromatic heterocycles. The lowest BCUT2D eigenvalue weighted by atomic mass is 10.2. The number of anilines is 2. The summed E-state index contributed by atoms with van der Waals surface area (Å²) >= 11 is 5.42. The van der Waals surface area contributed by atoms with Crippen LogP contribution in [0.15, 0.2) is 42.5 Å². The summed E-state index contributed by atoms with van der Waals surface area (Å²) in [6.45, 7) is 5.03. The summed E-state index contributed by atoms with van der Waals surface area (Å²) in [4.78, 5) is 4.79. The summed E-state index contributed by atoms with van der Waals surface area (Å²) in [5, 5.41) is 6.97. The van der Waals surface area contributed by atoms with Gasteiger partial charge in [0, 0.05) is 44.5 Å². The van der Waals surface area contributed by atoms with E-state index in [0.717, 1.165) is 37.6 Å². The van der Waals surface area contributed by atoms with Gasteiger partial charge in [0.2, 0.25) is 0 Å². The average Bonchev–Trinajstić information content (AvgIpc) is 2.73. The molecule has 6 nitrogen and oxygen atoms in total. The molecular formula is C21H28N4O2S. The highest BCUT2D eigenvalue weighted by molar-refractivity contribution is 7.80. The monoisotopic (exact) mass is 400 g/mol. The fraction of sp³-hybridized carbons (Fsp3) is 0.381. The summed E-state index contributed by atoms with van der Waals surface area (Å²) in [5.41, 5.74) is 3.26. The molecule has 0 bridgehead atoms. The van der Waals surface area contributed by atoms with Crippen molar-refractivity contribution in [3.63, 3.8) is 0 Å². The quantitative estimate of drug-likeness (QED) is 0.723. The molecule has 1 aliphatic rings. The first-order valence-corrected chi connectivity index (χ1v) is 9.79. The number of benzene rings is 2. The average molecular weight is 401 g/mol. The van der Waals surface area contributed by atoms with Crippen LogP contribution in [0.25, 0.3) is 0 Å². The molecular weight excluding hydrogens is 372 g/mol. The zero-order chi connectivity index (χ0) is 19.9. The van der Waals surface area contributed by atoms with Crippen LogP contribution in [0.3, 0.4) is 0 Å². The Morgan fingerprint density at radius 3 is 2.36 bits per heavy atom. The number of methoxy groups -OCH3 is 2. The van der Waals surface area contributed by atoms with Crippen molar-refractivity contribution in [2.45, 2.75) is 6.54 Å². The van der Waals surface area contributed by atoms with Gasteiger partial charge in [-0.2, -0.15) is 0 Å². The van der Waals surface area contributed by atoms with Crippen LogP contribution >= 0.6 is 12.2 Å². The number of hydrogen-bond donors (Lipinski definition) is 2. The minimum atomic E-state index is 0.548. The third-order valence-corrected chi connectivity index (χ3v) is 5.16. The number of hydrogen-bond acceptors (Lipinski definition) is 5. The lowest BCUT2D eigenvalue weighted by molar-refractivity contribution is 0.313. The van der Waals surface area contributed by atoms with Gasteiger partial charge in [0.05, 0.1) is 19.9 Å². The molecule has 0 spiro atoms. The predicted octanol–water partition coefficient (Wildman–Crippen LogP) is 2.94. The SMILES string of the molecule is COc1ccc(NC(=S)NCc2ccc(N3CCN(C)CC3)cc2)c(OC)c1. The molecule has 3 rings (SSSR count). The number of likely N-dealkylation sites (N-methyl/N-ethyl adjacent to an activating group) is 1. The second-order valence-electron chi connectivity index (χ2n) is 6.83. The first kappa shape index (κ1) is 20.2. The van der Waals surface area contributed by atoms with Crippen molar-refractivity contribution in [2.24, 2.45) is 0 Å². The number of nitrogens with zero attached hydrogens (tertiary/aromatic N) is 2. The van der Waals surface area contributed by atoms with E-state index in [0.29, 0.717) is 17.4 Å². The van der Waals surface area contributed by atoms with E-state index in [1.54, 1.807) is 14.2 Å². The van der Waals surface area contributed by atoms with E-state index in [9.17, 15) is 0 Å². The van der Waals surface area contributed by atoms with E-state index in [1.807, 2.05) is 18.2 Å². The van der Waals surface area contributed by atoms with Crippen molar-refractivity contribution < 1.29 is 9.47 Å². The van der Waals surface area contributed by atoms with E-state index in [4.69, 9.17) is 21.7 Å². The maximum atomic E-state index is 5.42. The van der Waals surface area contributed by atoms with Gasteiger partial charge in [-0.25, -0.2) is 0 Å². The van der Waals surface area contributed by atoms with Crippen LogP contribution in [0.4, 0.5) is 11.4 Å². The third kappa shape index (κ3) is 5.27. The van der Waals surface area contributed by atoms with Gasteiger partial charge in [-0.05, 0) is 49.1 Å². The van der Waals surface area contributed by atoms with Crippen LogP contribution in [-0.2, 0) is 6.54 Å². The molecule has 0 aliphatic carbocycles. The minimum absolute atomic E-state index is 0.548. The maximum absolute atomic E-state index is 5.42. The molecule has 1 heterocycles. The largest absolute Gasteiger partial charge is 0.497 e. The van der Waals surface area contributed by atoms with Gasteiger partial charge >= 0.3 is 0 Å². The Balaban J connectivity index is 1.52. The molecule has 0 unspecified atom stereocenters. The zero-order valence-corrected chi connectivity index (χ0v) is 17.5. The second kappa shape index (κ2) is 9.61. The summed E-state index contributed by atoms with van der Waals surface area (Å²) in [5.74, 6) is 1.42. The first-order chi connectivity index (χ1) is 13.6. The molecule has 0 saturated carbocycles. The Bertz CT molecular complexity index is 789. The van der Waals surface area contributed by atoms with Gasteiger partial charge in [-0.3, -0.25) is 0 Å². The first-order valence-electron chi connectivity index (χ1n) is 9.38. The highest BCUT2D eigenvalue weighted by Gasteiger charge is 2.14. The smallest absolute Gasteiger partial charge is 0.171 e. The second-order valence-corrected chi connectivity index (χ2v) is 7.24. The van der Waals surface area contributed by atoms with E-state index in [2.05, 4.69) is 51.7 Å². The highest BCUT2D eigenvalue weighted by Crippen LogP contribution is 2.28. The number of piperazine rings is 1. The number of rotatable bonds is 6. The van der Waals surface area contributed by atoms with Gasteiger partial charge in [0.1, 0.15) is 11.5 Å². The molecule has 2 aromatic rings. The Hall–Kier alpha value is -2.51. The van der Waals surface area contributed by atoms with Crippen LogP contribution in [0, 0.1) is 0 Å². The van der Waals surface area contributed by atoms with E-state index >= 15 is 0 Å². The Morgan fingerprint density at radius 2 is 1.71 bits per heavy atom. The van der Waals surface area contributed by atoms with Crippen molar-refractivity contribution in [1.29, 1.82) is 0 Å². The summed E-state index contributed by atoms with van der Waals surface area (Å²) in [6.07, 6.45) is 0. The van der Waals surface area contributed by atoms with E-state index in [-0.39, 0.29) is 0 Å². The van der Waals surface area contributed by atoms with Gasteiger partial charge < -0.3 is 29.9 Å². The Morgan fingerprint density at radius 1 is 1.00 bits per heavy atom. The fourth-order valence-electron chi connectivity index (χ4n) is 3.14. The van der Waals surface area contributed by atoms with Crippen molar-refractivity contribution >= 4 is 28.7 Å². The van der Waals surface area contributed by atoms with Crippen molar-refractivity contribution in [1.82, 2.24) is 10.2 Å². The Kier molecular flexibility index (Phi) is 6.95. The molecule has 0 amide bonds. The molecule has 1 aliphatic heterocycles. The normalized spacial score (nSPS) is 14.5. The zero-order valence-electron chi connectivity index (χ0n) is 16.7. The summed E-state index contributed by atoms with van der Waals surface area (Å²) in [7, 11) is 5.42. The van der Waals surface area contributed by atoms with E-state index < -0.39 is 0 Å². The minimum Gasteiger partial charge on any atom is -0.497 e. The number of ether oxygens (including phenoxy) is 2. The fourth-order valence-corrected chi connectivity index (χ4v) is 3.32. The number of nitrogens with one attached hydrogen (secondary N) is 2. The van der Waals surface area contributed by atoms with Crippen LogP contribution in [0.2, 0.25) is 0 Å². The molecule has 0 radical (unpaired) electrons. The third-order valence-electron chi connectivity index (χ3n) is 4.91. The summed E-state index contributed by atoms with van der Waals surface area (Å²) < 4.78 is 10.6. The van der Waals surface area contributed by atoms with Crippen LogP contribution < -0.4 is 25.0 Å². The Labute approximate surface area is 172 Å². The molecule has 28 heavy (non-hydrogen) atoms. The molecule has 7 heteroatoms.